The zero-order valence-electron chi connectivity index (χ0n) is 14.1. The third-order valence-corrected chi connectivity index (χ3v) is 4.17. The predicted molar refractivity (Wildman–Crippen MR) is 88.8 cm³/mol. The van der Waals surface area contributed by atoms with Gasteiger partial charge in [-0.3, -0.25) is 14.5 Å². The van der Waals surface area contributed by atoms with Gasteiger partial charge in [-0.1, -0.05) is 0 Å². The van der Waals surface area contributed by atoms with Crippen LogP contribution in [0.4, 0.5) is 8.78 Å². The first kappa shape index (κ1) is 18.1. The first-order valence-electron chi connectivity index (χ1n) is 8.24. The van der Waals surface area contributed by atoms with E-state index in [1.807, 2.05) is 0 Å². The first-order valence-corrected chi connectivity index (χ1v) is 8.24. The Hall–Kier alpha value is -2.74. The number of rotatable bonds is 6. The van der Waals surface area contributed by atoms with Crippen molar-refractivity contribution in [2.45, 2.75) is 13.1 Å². The number of halogens is 2. The Kier molecular flexibility index (Phi) is 5.62. The lowest BCUT2D eigenvalue weighted by atomic mass is 10.1. The molecule has 0 aliphatic carbocycles. The highest BCUT2D eigenvalue weighted by molar-refractivity contribution is 5.81. The minimum atomic E-state index is -0.543. The summed E-state index contributed by atoms with van der Waals surface area (Å²) in [5.41, 5.74) is 0.142. The maximum atomic E-state index is 13.7. The lowest BCUT2D eigenvalue weighted by molar-refractivity contribution is -0.137. The highest BCUT2D eigenvalue weighted by Gasteiger charge is 2.26. The molecule has 0 spiro atoms. The second-order valence-corrected chi connectivity index (χ2v) is 6.12. The molecule has 1 fully saturated rings. The number of hydrogen-bond donors (Lipinski definition) is 1. The van der Waals surface area contributed by atoms with Crippen LogP contribution in [0.25, 0.3) is 0 Å². The highest BCUT2D eigenvalue weighted by atomic mass is 19.1. The van der Waals surface area contributed by atoms with Gasteiger partial charge >= 0.3 is 0 Å². The summed E-state index contributed by atoms with van der Waals surface area (Å²) in [5, 5.41) is 2.72. The van der Waals surface area contributed by atoms with Crippen LogP contribution in [0.15, 0.2) is 41.0 Å². The molecule has 1 saturated heterocycles. The van der Waals surface area contributed by atoms with E-state index in [4.69, 9.17) is 4.42 Å². The molecule has 1 aliphatic heterocycles. The Morgan fingerprint density at radius 1 is 1.23 bits per heavy atom. The normalized spacial score (nSPS) is 15.3. The van der Waals surface area contributed by atoms with Gasteiger partial charge in [0.15, 0.2) is 0 Å². The van der Waals surface area contributed by atoms with Crippen molar-refractivity contribution in [2.24, 2.45) is 0 Å². The fourth-order valence-corrected chi connectivity index (χ4v) is 2.79. The van der Waals surface area contributed by atoms with Gasteiger partial charge < -0.3 is 14.6 Å². The zero-order chi connectivity index (χ0) is 18.5. The van der Waals surface area contributed by atoms with Crippen molar-refractivity contribution in [3.05, 3.63) is 59.6 Å². The lowest BCUT2D eigenvalue weighted by Gasteiger charge is -2.34. The summed E-state index contributed by atoms with van der Waals surface area (Å²) in [6.45, 7) is 1.29. The topological polar surface area (TPSA) is 65.8 Å². The van der Waals surface area contributed by atoms with Crippen molar-refractivity contribution in [1.29, 1.82) is 0 Å². The van der Waals surface area contributed by atoms with Gasteiger partial charge in [-0.25, -0.2) is 8.78 Å². The van der Waals surface area contributed by atoms with Crippen molar-refractivity contribution in [1.82, 2.24) is 15.1 Å². The molecule has 0 radical (unpaired) electrons. The summed E-state index contributed by atoms with van der Waals surface area (Å²) in [6.07, 6.45) is 1.53. The zero-order valence-corrected chi connectivity index (χ0v) is 14.1. The molecular formula is C18H19F2N3O3. The number of carbonyl (C=O) groups is 2. The second-order valence-electron chi connectivity index (χ2n) is 6.12. The van der Waals surface area contributed by atoms with Crippen LogP contribution in [-0.4, -0.2) is 47.8 Å². The molecular weight excluding hydrogens is 344 g/mol. The van der Waals surface area contributed by atoms with Gasteiger partial charge in [-0.05, 0) is 30.3 Å². The molecule has 2 aromatic rings. The van der Waals surface area contributed by atoms with Gasteiger partial charge in [0.2, 0.25) is 11.8 Å². The van der Waals surface area contributed by atoms with Crippen molar-refractivity contribution in [3.63, 3.8) is 0 Å². The van der Waals surface area contributed by atoms with Crippen LogP contribution in [0.5, 0.6) is 0 Å². The summed E-state index contributed by atoms with van der Waals surface area (Å²) < 4.78 is 32.1. The summed E-state index contributed by atoms with van der Waals surface area (Å²) in [6, 6.07) is 6.68. The number of nitrogens with one attached hydrogen (secondary N) is 1. The van der Waals surface area contributed by atoms with Crippen molar-refractivity contribution < 1.29 is 22.8 Å². The van der Waals surface area contributed by atoms with Gasteiger partial charge in [0, 0.05) is 25.2 Å². The number of amides is 2. The maximum absolute atomic E-state index is 13.7. The molecule has 8 heteroatoms. The molecule has 3 rings (SSSR count). The SMILES string of the molecule is O=C(CN1CCN(Cc2cc(F)ccc2F)C(=O)C1)NCc1ccco1. The number of piperazine rings is 1. The predicted octanol–water partition coefficient (Wildman–Crippen LogP) is 1.52. The average Bonchev–Trinajstić information content (AvgIpc) is 3.12. The molecule has 26 heavy (non-hydrogen) atoms. The van der Waals surface area contributed by atoms with E-state index in [1.54, 1.807) is 17.0 Å². The number of benzene rings is 1. The van der Waals surface area contributed by atoms with Gasteiger partial charge in [0.25, 0.3) is 0 Å². The van der Waals surface area contributed by atoms with Crippen molar-refractivity contribution in [2.75, 3.05) is 26.2 Å². The molecule has 0 atom stereocenters. The van der Waals surface area contributed by atoms with Crippen LogP contribution >= 0.6 is 0 Å². The van der Waals surface area contributed by atoms with Gasteiger partial charge in [0.1, 0.15) is 17.4 Å². The van der Waals surface area contributed by atoms with Crippen LogP contribution in [0.3, 0.4) is 0 Å². The molecule has 138 valence electrons. The Balaban J connectivity index is 1.48. The second kappa shape index (κ2) is 8.09. The number of hydrogen-bond acceptors (Lipinski definition) is 4. The minimum absolute atomic E-state index is 0.0148. The van der Waals surface area contributed by atoms with Crippen molar-refractivity contribution in [3.8, 4) is 0 Å². The molecule has 1 aromatic carbocycles. The molecule has 1 N–H and O–H groups in total. The number of furan rings is 1. The van der Waals surface area contributed by atoms with Gasteiger partial charge in [-0.2, -0.15) is 0 Å². The summed E-state index contributed by atoms with van der Waals surface area (Å²) in [7, 11) is 0. The number of nitrogens with zero attached hydrogens (tertiary/aromatic N) is 2. The average molecular weight is 363 g/mol. The van der Waals surface area contributed by atoms with E-state index in [0.29, 0.717) is 25.4 Å². The summed E-state index contributed by atoms with van der Waals surface area (Å²) in [4.78, 5) is 27.4. The van der Waals surface area contributed by atoms with Gasteiger partial charge in [0.05, 0.1) is 25.9 Å². The molecule has 0 unspecified atom stereocenters. The highest BCUT2D eigenvalue weighted by Crippen LogP contribution is 2.14. The van der Waals surface area contributed by atoms with Crippen molar-refractivity contribution >= 4 is 11.8 Å². The molecule has 1 aromatic heterocycles. The third kappa shape index (κ3) is 4.66. The van der Waals surface area contributed by atoms with E-state index in [1.165, 1.54) is 11.2 Å². The Labute approximate surface area is 149 Å². The summed E-state index contributed by atoms with van der Waals surface area (Å²) in [5.74, 6) is -0.867. The van der Waals surface area contributed by atoms with E-state index < -0.39 is 11.6 Å². The van der Waals surface area contributed by atoms with Crippen LogP contribution in [0, 0.1) is 11.6 Å². The van der Waals surface area contributed by atoms with Gasteiger partial charge in [-0.15, -0.1) is 0 Å². The molecule has 6 nitrogen and oxygen atoms in total. The van der Waals surface area contributed by atoms with E-state index >= 15 is 0 Å². The smallest absolute Gasteiger partial charge is 0.237 e. The molecule has 0 bridgehead atoms. The molecule has 2 heterocycles. The Morgan fingerprint density at radius 2 is 2.08 bits per heavy atom. The first-order chi connectivity index (χ1) is 12.5. The fourth-order valence-electron chi connectivity index (χ4n) is 2.79. The third-order valence-electron chi connectivity index (χ3n) is 4.17. The standard InChI is InChI=1S/C18H19F2N3O3/c19-14-3-4-16(20)13(8-14)10-23-6-5-22(12-18(23)25)11-17(24)21-9-15-2-1-7-26-15/h1-4,7-8H,5-6,9-12H2,(H,21,24). The summed E-state index contributed by atoms with van der Waals surface area (Å²) >= 11 is 0. The Morgan fingerprint density at radius 3 is 2.81 bits per heavy atom. The lowest BCUT2D eigenvalue weighted by Crippen LogP contribution is -2.52. The quantitative estimate of drug-likeness (QED) is 0.845. The van der Waals surface area contributed by atoms with E-state index in [2.05, 4.69) is 5.32 Å². The largest absolute Gasteiger partial charge is 0.467 e. The minimum Gasteiger partial charge on any atom is -0.467 e. The van der Waals surface area contributed by atoms with Crippen LogP contribution in [-0.2, 0) is 22.7 Å². The molecule has 2 amide bonds. The fraction of sp³-hybridized carbons (Fsp3) is 0.333. The number of carbonyl (C=O) groups excluding carboxylic acids is 2. The monoisotopic (exact) mass is 363 g/mol. The van der Waals surface area contributed by atoms with E-state index in [0.717, 1.165) is 18.2 Å². The van der Waals surface area contributed by atoms with Crippen LogP contribution in [0.2, 0.25) is 0 Å². The molecule has 1 aliphatic rings. The van der Waals surface area contributed by atoms with E-state index in [9.17, 15) is 18.4 Å². The van der Waals surface area contributed by atoms with Crippen LogP contribution < -0.4 is 5.32 Å². The van der Waals surface area contributed by atoms with E-state index in [-0.39, 0.29) is 37.0 Å². The van der Waals surface area contributed by atoms with Crippen LogP contribution in [0.1, 0.15) is 11.3 Å². The molecule has 0 saturated carbocycles. The Bertz CT molecular complexity index is 780. The maximum Gasteiger partial charge on any atom is 0.237 e.